The molecule has 104 valence electrons. The zero-order valence-corrected chi connectivity index (χ0v) is 11.9. The minimum absolute atomic E-state index is 0.748. The molecule has 3 nitrogen and oxygen atoms in total. The first kappa shape index (κ1) is 12.9. The third-order valence-corrected chi connectivity index (χ3v) is 5.65. The third kappa shape index (κ3) is 2.45. The molecule has 0 radical (unpaired) electrons. The third-order valence-electron chi connectivity index (χ3n) is 5.65. The average molecular weight is 251 g/mol. The number of hydrogen-bond donors (Lipinski definition) is 1. The lowest BCUT2D eigenvalue weighted by molar-refractivity contribution is 0.0438. The van der Waals surface area contributed by atoms with Crippen molar-refractivity contribution in [1.82, 2.24) is 9.80 Å². The van der Waals surface area contributed by atoms with Gasteiger partial charge in [0.05, 0.1) is 0 Å². The summed E-state index contributed by atoms with van der Waals surface area (Å²) in [5.41, 5.74) is 5.92. The largest absolute Gasteiger partial charge is 0.330 e. The van der Waals surface area contributed by atoms with Gasteiger partial charge in [0.25, 0.3) is 0 Å². The minimum Gasteiger partial charge on any atom is -0.330 e. The summed E-state index contributed by atoms with van der Waals surface area (Å²) in [6.45, 7) is 8.59. The van der Waals surface area contributed by atoms with Crippen molar-refractivity contribution in [2.45, 2.75) is 51.1 Å². The van der Waals surface area contributed by atoms with Gasteiger partial charge in [-0.25, -0.2) is 0 Å². The van der Waals surface area contributed by atoms with Crippen LogP contribution in [0.2, 0.25) is 0 Å². The Balaban J connectivity index is 1.58. The molecule has 3 fully saturated rings. The topological polar surface area (TPSA) is 32.5 Å². The maximum absolute atomic E-state index is 5.92. The Morgan fingerprint density at radius 2 is 1.89 bits per heavy atom. The molecule has 4 atom stereocenters. The second-order valence-electron chi connectivity index (χ2n) is 6.78. The van der Waals surface area contributed by atoms with Crippen LogP contribution in [-0.4, -0.2) is 54.6 Å². The predicted molar refractivity (Wildman–Crippen MR) is 75.5 cm³/mol. The number of hydrogen-bond acceptors (Lipinski definition) is 3. The van der Waals surface area contributed by atoms with Gasteiger partial charge in [-0.1, -0.05) is 6.42 Å². The SMILES string of the molecule is CC1CN2CCCC2CN1CC1CCCC1CN. The van der Waals surface area contributed by atoms with E-state index in [0.717, 1.165) is 30.5 Å². The maximum Gasteiger partial charge on any atom is 0.0224 e. The van der Waals surface area contributed by atoms with Gasteiger partial charge in [0, 0.05) is 31.7 Å². The van der Waals surface area contributed by atoms with Gasteiger partial charge in [0.1, 0.15) is 0 Å². The number of fused-ring (bicyclic) bond motifs is 1. The molecule has 0 bridgehead atoms. The molecule has 18 heavy (non-hydrogen) atoms. The van der Waals surface area contributed by atoms with Crippen LogP contribution in [0.1, 0.15) is 39.0 Å². The first-order valence-corrected chi connectivity index (χ1v) is 7.96. The molecule has 0 spiro atoms. The van der Waals surface area contributed by atoms with Crippen LogP contribution in [0.4, 0.5) is 0 Å². The van der Waals surface area contributed by atoms with Crippen LogP contribution in [0.15, 0.2) is 0 Å². The molecule has 1 aliphatic carbocycles. The smallest absolute Gasteiger partial charge is 0.0224 e. The summed E-state index contributed by atoms with van der Waals surface area (Å²) in [6, 6.07) is 1.61. The molecular formula is C15H29N3. The Morgan fingerprint density at radius 1 is 1.06 bits per heavy atom. The molecular weight excluding hydrogens is 222 g/mol. The number of nitrogens with two attached hydrogens (primary N) is 1. The summed E-state index contributed by atoms with van der Waals surface area (Å²) in [5, 5.41) is 0. The Bertz CT molecular complexity index is 281. The molecule has 2 N–H and O–H groups in total. The summed E-state index contributed by atoms with van der Waals surface area (Å²) in [4.78, 5) is 5.49. The fraction of sp³-hybridized carbons (Fsp3) is 1.00. The van der Waals surface area contributed by atoms with Gasteiger partial charge in [-0.15, -0.1) is 0 Å². The van der Waals surface area contributed by atoms with Gasteiger partial charge in [0.15, 0.2) is 0 Å². The predicted octanol–water partition coefficient (Wildman–Crippen LogP) is 1.53. The first-order valence-electron chi connectivity index (χ1n) is 7.96. The van der Waals surface area contributed by atoms with E-state index in [4.69, 9.17) is 5.73 Å². The summed E-state index contributed by atoms with van der Waals surface area (Å²) in [7, 11) is 0. The van der Waals surface area contributed by atoms with E-state index >= 15 is 0 Å². The van der Waals surface area contributed by atoms with Gasteiger partial charge >= 0.3 is 0 Å². The van der Waals surface area contributed by atoms with E-state index in [9.17, 15) is 0 Å². The Hall–Kier alpha value is -0.120. The fourth-order valence-corrected chi connectivity index (χ4v) is 4.47. The summed E-state index contributed by atoms with van der Waals surface area (Å²) < 4.78 is 0. The van der Waals surface area contributed by atoms with E-state index in [1.54, 1.807) is 0 Å². The standard InChI is InChI=1S/C15H29N3/c1-12-9-17-7-3-6-15(17)11-18(12)10-14-5-2-4-13(14)8-16/h12-15H,2-11,16H2,1H3. The molecule has 0 aromatic heterocycles. The lowest BCUT2D eigenvalue weighted by Gasteiger charge is -2.43. The van der Waals surface area contributed by atoms with Gasteiger partial charge in [-0.05, 0) is 57.5 Å². The normalized spacial score (nSPS) is 42.3. The van der Waals surface area contributed by atoms with E-state index in [2.05, 4.69) is 16.7 Å². The number of nitrogens with zero attached hydrogens (tertiary/aromatic N) is 2. The van der Waals surface area contributed by atoms with Crippen LogP contribution in [0.25, 0.3) is 0 Å². The number of piperazine rings is 1. The second-order valence-corrected chi connectivity index (χ2v) is 6.78. The van der Waals surface area contributed by atoms with Gasteiger partial charge in [-0.2, -0.15) is 0 Å². The maximum atomic E-state index is 5.92. The van der Waals surface area contributed by atoms with Crippen molar-refractivity contribution in [3.05, 3.63) is 0 Å². The fourth-order valence-electron chi connectivity index (χ4n) is 4.47. The van der Waals surface area contributed by atoms with Gasteiger partial charge < -0.3 is 5.73 Å². The van der Waals surface area contributed by atoms with Crippen LogP contribution in [0.5, 0.6) is 0 Å². The van der Waals surface area contributed by atoms with Crippen LogP contribution >= 0.6 is 0 Å². The van der Waals surface area contributed by atoms with Crippen LogP contribution in [0, 0.1) is 11.8 Å². The number of rotatable bonds is 3. The zero-order chi connectivity index (χ0) is 12.5. The van der Waals surface area contributed by atoms with Crippen molar-refractivity contribution >= 4 is 0 Å². The Labute approximate surface area is 112 Å². The van der Waals surface area contributed by atoms with E-state index in [1.165, 1.54) is 58.3 Å². The van der Waals surface area contributed by atoms with Crippen LogP contribution in [0.3, 0.4) is 0 Å². The first-order chi connectivity index (χ1) is 8.78. The van der Waals surface area contributed by atoms with Crippen molar-refractivity contribution in [2.24, 2.45) is 17.6 Å². The Morgan fingerprint density at radius 3 is 2.72 bits per heavy atom. The highest BCUT2D eigenvalue weighted by Gasteiger charge is 2.36. The van der Waals surface area contributed by atoms with Crippen LogP contribution < -0.4 is 5.73 Å². The lowest BCUT2D eigenvalue weighted by Crippen LogP contribution is -2.56. The van der Waals surface area contributed by atoms with Crippen molar-refractivity contribution in [3.8, 4) is 0 Å². The molecule has 3 heteroatoms. The summed E-state index contributed by atoms with van der Waals surface area (Å²) in [6.07, 6.45) is 7.04. The van der Waals surface area contributed by atoms with Crippen molar-refractivity contribution in [1.29, 1.82) is 0 Å². The molecule has 0 aromatic carbocycles. The molecule has 3 aliphatic rings. The highest BCUT2D eigenvalue weighted by Crippen LogP contribution is 2.33. The van der Waals surface area contributed by atoms with E-state index in [1.807, 2.05) is 0 Å². The van der Waals surface area contributed by atoms with E-state index < -0.39 is 0 Å². The lowest BCUT2D eigenvalue weighted by atomic mass is 9.94. The average Bonchev–Trinajstić information content (AvgIpc) is 2.98. The highest BCUT2D eigenvalue weighted by atomic mass is 15.3. The Kier molecular flexibility index (Phi) is 3.92. The van der Waals surface area contributed by atoms with Crippen molar-refractivity contribution in [3.63, 3.8) is 0 Å². The summed E-state index contributed by atoms with van der Waals surface area (Å²) in [5.74, 6) is 1.68. The molecule has 0 aromatic rings. The van der Waals surface area contributed by atoms with Crippen molar-refractivity contribution < 1.29 is 0 Å². The van der Waals surface area contributed by atoms with E-state index in [-0.39, 0.29) is 0 Å². The quantitative estimate of drug-likeness (QED) is 0.825. The van der Waals surface area contributed by atoms with Gasteiger partial charge in [-0.3, -0.25) is 9.80 Å². The van der Waals surface area contributed by atoms with Crippen molar-refractivity contribution in [2.75, 3.05) is 32.7 Å². The van der Waals surface area contributed by atoms with Gasteiger partial charge in [0.2, 0.25) is 0 Å². The van der Waals surface area contributed by atoms with E-state index in [0.29, 0.717) is 0 Å². The minimum atomic E-state index is 0.748. The highest BCUT2D eigenvalue weighted by molar-refractivity contribution is 4.92. The molecule has 4 unspecified atom stereocenters. The molecule has 2 saturated heterocycles. The monoisotopic (exact) mass is 251 g/mol. The summed E-state index contributed by atoms with van der Waals surface area (Å²) >= 11 is 0. The molecule has 3 rings (SSSR count). The molecule has 2 heterocycles. The molecule has 1 saturated carbocycles. The zero-order valence-electron chi connectivity index (χ0n) is 11.9. The van der Waals surface area contributed by atoms with Crippen LogP contribution in [-0.2, 0) is 0 Å². The second kappa shape index (κ2) is 5.48. The molecule has 0 amide bonds. The molecule has 2 aliphatic heterocycles.